The zero-order valence-electron chi connectivity index (χ0n) is 6.02. The largest absolute Gasteiger partial charge is 0.392 e. The molecule has 0 amide bonds. The van der Waals surface area contributed by atoms with Gasteiger partial charge in [-0.05, 0) is 27.8 Å². The van der Waals surface area contributed by atoms with Crippen LogP contribution in [0.25, 0.3) is 0 Å². The van der Waals surface area contributed by atoms with Crippen LogP contribution in [0.2, 0.25) is 0 Å². The van der Waals surface area contributed by atoms with Gasteiger partial charge in [0.15, 0.2) is 0 Å². The van der Waals surface area contributed by atoms with Gasteiger partial charge in [0.2, 0.25) is 0 Å². The molecular formula is C6H15NO. The van der Waals surface area contributed by atoms with Crippen molar-refractivity contribution in [1.82, 2.24) is 5.32 Å². The van der Waals surface area contributed by atoms with E-state index in [1.54, 1.807) is 6.92 Å². The van der Waals surface area contributed by atoms with E-state index in [0.717, 1.165) is 0 Å². The fourth-order valence-electron chi connectivity index (χ4n) is 0.209. The van der Waals surface area contributed by atoms with Crippen molar-refractivity contribution in [1.29, 1.82) is 0 Å². The molecule has 0 fully saturated rings. The molecule has 0 radical (unpaired) electrons. The van der Waals surface area contributed by atoms with Crippen molar-refractivity contribution >= 4 is 0 Å². The summed E-state index contributed by atoms with van der Waals surface area (Å²) in [4.78, 5) is 0. The molecule has 0 bridgehead atoms. The second-order valence-electron chi connectivity index (χ2n) is 2.65. The first kappa shape index (κ1) is 7.92. The van der Waals surface area contributed by atoms with Crippen LogP contribution >= 0.6 is 0 Å². The van der Waals surface area contributed by atoms with Gasteiger partial charge in [0, 0.05) is 5.54 Å². The Morgan fingerprint density at radius 2 is 1.88 bits per heavy atom. The molecule has 0 rings (SSSR count). The van der Waals surface area contributed by atoms with Crippen LogP contribution in [0.1, 0.15) is 20.8 Å². The van der Waals surface area contributed by atoms with Crippen molar-refractivity contribution in [2.24, 2.45) is 0 Å². The van der Waals surface area contributed by atoms with E-state index in [1.807, 2.05) is 20.9 Å². The van der Waals surface area contributed by atoms with Gasteiger partial charge in [-0.25, -0.2) is 0 Å². The van der Waals surface area contributed by atoms with Crippen molar-refractivity contribution in [3.63, 3.8) is 0 Å². The average Bonchev–Trinajstić information content (AvgIpc) is 1.67. The van der Waals surface area contributed by atoms with Crippen LogP contribution in [0.3, 0.4) is 0 Å². The van der Waals surface area contributed by atoms with Gasteiger partial charge >= 0.3 is 0 Å². The number of hydrogen-bond donors (Lipinski definition) is 2. The lowest BCUT2D eigenvalue weighted by atomic mass is 10.00. The molecule has 0 aromatic heterocycles. The van der Waals surface area contributed by atoms with Crippen LogP contribution in [0, 0.1) is 0 Å². The Morgan fingerprint density at radius 1 is 1.50 bits per heavy atom. The van der Waals surface area contributed by atoms with E-state index in [4.69, 9.17) is 5.11 Å². The predicted octanol–water partition coefficient (Wildman–Crippen LogP) is 0.365. The van der Waals surface area contributed by atoms with Crippen LogP contribution in [-0.2, 0) is 0 Å². The van der Waals surface area contributed by atoms with Gasteiger partial charge in [-0.3, -0.25) is 0 Å². The van der Waals surface area contributed by atoms with Crippen LogP contribution in [0.4, 0.5) is 0 Å². The predicted molar refractivity (Wildman–Crippen MR) is 34.8 cm³/mol. The van der Waals surface area contributed by atoms with Crippen molar-refractivity contribution in [3.05, 3.63) is 0 Å². The van der Waals surface area contributed by atoms with Crippen LogP contribution in [0.5, 0.6) is 0 Å². The Kier molecular flexibility index (Phi) is 2.44. The van der Waals surface area contributed by atoms with Crippen LogP contribution in [0.15, 0.2) is 0 Å². The Hall–Kier alpha value is -0.0800. The molecule has 8 heavy (non-hydrogen) atoms. The van der Waals surface area contributed by atoms with Gasteiger partial charge in [-0.2, -0.15) is 0 Å². The lowest BCUT2D eigenvalue weighted by Crippen LogP contribution is -2.45. The highest BCUT2D eigenvalue weighted by Crippen LogP contribution is 2.05. The number of rotatable bonds is 2. The van der Waals surface area contributed by atoms with E-state index in [-0.39, 0.29) is 11.6 Å². The monoisotopic (exact) mass is 117 g/mol. The Labute approximate surface area is 50.9 Å². The Morgan fingerprint density at radius 3 is 1.88 bits per heavy atom. The van der Waals surface area contributed by atoms with E-state index in [9.17, 15) is 0 Å². The van der Waals surface area contributed by atoms with Gasteiger partial charge in [0.25, 0.3) is 0 Å². The first-order valence-corrected chi connectivity index (χ1v) is 2.87. The number of hydrogen-bond acceptors (Lipinski definition) is 2. The van der Waals surface area contributed by atoms with E-state index in [0.29, 0.717) is 0 Å². The SMILES string of the molecule is CNC(C)(C)C(C)O. The van der Waals surface area contributed by atoms with Crippen molar-refractivity contribution < 1.29 is 5.11 Å². The maximum Gasteiger partial charge on any atom is 0.0688 e. The lowest BCUT2D eigenvalue weighted by molar-refractivity contribution is 0.102. The maximum atomic E-state index is 9.02. The molecule has 0 spiro atoms. The zero-order chi connectivity index (χ0) is 6.78. The topological polar surface area (TPSA) is 32.3 Å². The van der Waals surface area contributed by atoms with Crippen molar-refractivity contribution in [3.8, 4) is 0 Å². The fraction of sp³-hybridized carbons (Fsp3) is 1.00. The van der Waals surface area contributed by atoms with Crippen LogP contribution < -0.4 is 5.32 Å². The van der Waals surface area contributed by atoms with Crippen LogP contribution in [-0.4, -0.2) is 23.8 Å². The molecule has 0 saturated carbocycles. The molecule has 1 unspecified atom stereocenters. The summed E-state index contributed by atoms with van der Waals surface area (Å²) in [7, 11) is 1.84. The molecule has 0 heterocycles. The molecule has 1 atom stereocenters. The normalized spacial score (nSPS) is 16.1. The van der Waals surface area contributed by atoms with Gasteiger partial charge < -0.3 is 10.4 Å². The molecule has 50 valence electrons. The van der Waals surface area contributed by atoms with E-state index < -0.39 is 0 Å². The highest BCUT2D eigenvalue weighted by molar-refractivity contribution is 4.80. The van der Waals surface area contributed by atoms with E-state index in [2.05, 4.69) is 5.32 Å². The highest BCUT2D eigenvalue weighted by atomic mass is 16.3. The standard InChI is InChI=1S/C6H15NO/c1-5(8)6(2,3)7-4/h5,7-8H,1-4H3. The zero-order valence-corrected chi connectivity index (χ0v) is 6.02. The summed E-state index contributed by atoms with van der Waals surface area (Å²) < 4.78 is 0. The smallest absolute Gasteiger partial charge is 0.0688 e. The molecule has 2 N–H and O–H groups in total. The quantitative estimate of drug-likeness (QED) is 0.547. The maximum absolute atomic E-state index is 9.02. The molecular weight excluding hydrogens is 102 g/mol. The third kappa shape index (κ3) is 1.80. The average molecular weight is 117 g/mol. The summed E-state index contributed by atoms with van der Waals surface area (Å²) in [5.74, 6) is 0. The third-order valence-electron chi connectivity index (χ3n) is 1.69. The second-order valence-corrected chi connectivity index (χ2v) is 2.65. The summed E-state index contributed by atoms with van der Waals surface area (Å²) in [5.41, 5.74) is -0.153. The summed E-state index contributed by atoms with van der Waals surface area (Å²) in [6.45, 7) is 5.69. The fourth-order valence-corrected chi connectivity index (χ4v) is 0.209. The molecule has 2 nitrogen and oxygen atoms in total. The summed E-state index contributed by atoms with van der Waals surface area (Å²) >= 11 is 0. The molecule has 2 heteroatoms. The first-order chi connectivity index (χ1) is 3.50. The second kappa shape index (κ2) is 2.46. The van der Waals surface area contributed by atoms with Gasteiger partial charge in [0.05, 0.1) is 6.10 Å². The summed E-state index contributed by atoms with van der Waals surface area (Å²) in [5, 5.41) is 12.0. The minimum Gasteiger partial charge on any atom is -0.392 e. The minimum absolute atomic E-state index is 0.153. The third-order valence-corrected chi connectivity index (χ3v) is 1.69. The first-order valence-electron chi connectivity index (χ1n) is 2.87. The minimum atomic E-state index is -0.299. The van der Waals surface area contributed by atoms with Crippen molar-refractivity contribution in [2.75, 3.05) is 7.05 Å². The van der Waals surface area contributed by atoms with Gasteiger partial charge in [-0.15, -0.1) is 0 Å². The van der Waals surface area contributed by atoms with E-state index >= 15 is 0 Å². The summed E-state index contributed by atoms with van der Waals surface area (Å²) in [6, 6.07) is 0. The van der Waals surface area contributed by atoms with Gasteiger partial charge in [-0.1, -0.05) is 0 Å². The molecule has 0 aliphatic carbocycles. The number of nitrogens with one attached hydrogen (secondary N) is 1. The lowest BCUT2D eigenvalue weighted by Gasteiger charge is -2.26. The Balaban J connectivity index is 3.71. The van der Waals surface area contributed by atoms with Gasteiger partial charge in [0.1, 0.15) is 0 Å². The number of aliphatic hydroxyl groups is 1. The molecule has 0 aliphatic rings. The Bertz CT molecular complexity index is 68.9. The molecule has 0 aromatic rings. The highest BCUT2D eigenvalue weighted by Gasteiger charge is 2.20. The van der Waals surface area contributed by atoms with E-state index in [1.165, 1.54) is 0 Å². The molecule has 0 aromatic carbocycles. The number of likely N-dealkylation sites (N-methyl/N-ethyl adjacent to an activating group) is 1. The summed E-state index contributed by atoms with van der Waals surface area (Å²) in [6.07, 6.45) is -0.299. The number of aliphatic hydroxyl groups excluding tert-OH is 1. The molecule has 0 aliphatic heterocycles. The van der Waals surface area contributed by atoms with Crippen molar-refractivity contribution in [2.45, 2.75) is 32.4 Å². The molecule has 0 saturated heterocycles.